The van der Waals surface area contributed by atoms with Crippen LogP contribution in [0.3, 0.4) is 0 Å². The van der Waals surface area contributed by atoms with E-state index in [0.717, 1.165) is 16.6 Å². The van der Waals surface area contributed by atoms with Crippen LogP contribution in [0.1, 0.15) is 5.56 Å². The first-order valence-corrected chi connectivity index (χ1v) is 8.90. The van der Waals surface area contributed by atoms with Crippen molar-refractivity contribution in [1.29, 1.82) is 0 Å². The van der Waals surface area contributed by atoms with Crippen LogP contribution in [0.15, 0.2) is 54.7 Å². The van der Waals surface area contributed by atoms with E-state index in [1.807, 2.05) is 48.5 Å². The molecule has 0 fully saturated rings. The monoisotopic (exact) mass is 400 g/mol. The third kappa shape index (κ3) is 3.79. The van der Waals surface area contributed by atoms with E-state index in [2.05, 4.69) is 20.7 Å². The highest BCUT2D eigenvalue weighted by Crippen LogP contribution is 2.22. The molecule has 0 bridgehead atoms. The van der Waals surface area contributed by atoms with Gasteiger partial charge in [-0.2, -0.15) is 5.10 Å². The predicted molar refractivity (Wildman–Crippen MR) is 104 cm³/mol. The summed E-state index contributed by atoms with van der Waals surface area (Å²) in [6.45, 7) is 0.456. The first-order valence-electron chi connectivity index (χ1n) is 8.14. The average Bonchev–Trinajstić information content (AvgIpc) is 3.21. The number of hydrogen-bond acceptors (Lipinski definition) is 4. The van der Waals surface area contributed by atoms with Gasteiger partial charge in [0.2, 0.25) is 5.91 Å². The summed E-state index contributed by atoms with van der Waals surface area (Å²) < 4.78 is 3.16. The number of hydrogen-bond donors (Lipinski definition) is 1. The highest BCUT2D eigenvalue weighted by atomic mass is 35.5. The molecule has 1 N–H and O–H groups in total. The first-order chi connectivity index (χ1) is 13.1. The van der Waals surface area contributed by atoms with Gasteiger partial charge < -0.3 is 5.32 Å². The molecule has 0 saturated heterocycles. The van der Waals surface area contributed by atoms with E-state index in [1.54, 1.807) is 10.9 Å². The summed E-state index contributed by atoms with van der Waals surface area (Å²) >= 11 is 12.4. The molecule has 4 aromatic rings. The van der Waals surface area contributed by atoms with Crippen molar-refractivity contribution in [1.82, 2.24) is 24.8 Å². The third-order valence-electron chi connectivity index (χ3n) is 3.98. The fourth-order valence-electron chi connectivity index (χ4n) is 2.71. The van der Waals surface area contributed by atoms with Crippen LogP contribution in [-0.2, 0) is 17.9 Å². The SMILES string of the molecule is O=C(Cn1nnc2ccccc21)Nc1nn(Cc2ccccc2Cl)cc1Cl. The number of nitrogens with one attached hydrogen (secondary N) is 1. The minimum absolute atomic E-state index is 0.00815. The standard InChI is InChI=1S/C18H14Cl2N6O/c19-13-6-2-1-5-12(13)9-25-10-14(20)18(23-25)21-17(27)11-26-16-8-4-3-7-15(16)22-24-26/h1-8,10H,9,11H2,(H,21,23,27). The molecule has 0 radical (unpaired) electrons. The smallest absolute Gasteiger partial charge is 0.247 e. The molecule has 2 heterocycles. The van der Waals surface area contributed by atoms with Crippen LogP contribution in [0, 0.1) is 0 Å². The molecular weight excluding hydrogens is 387 g/mol. The Kier molecular flexibility index (Phi) is 4.79. The van der Waals surface area contributed by atoms with Crippen LogP contribution in [0.4, 0.5) is 5.82 Å². The number of carbonyl (C=O) groups excluding carboxylic acids is 1. The molecule has 0 saturated carbocycles. The van der Waals surface area contributed by atoms with Gasteiger partial charge in [0.25, 0.3) is 0 Å². The second-order valence-corrected chi connectivity index (χ2v) is 6.71. The van der Waals surface area contributed by atoms with Gasteiger partial charge in [-0.1, -0.05) is 58.7 Å². The molecule has 9 heteroatoms. The summed E-state index contributed by atoms with van der Waals surface area (Å²) in [5.41, 5.74) is 2.42. The van der Waals surface area contributed by atoms with Crippen LogP contribution in [0.5, 0.6) is 0 Å². The number of benzene rings is 2. The Morgan fingerprint density at radius 1 is 1.04 bits per heavy atom. The second kappa shape index (κ2) is 7.38. The normalized spacial score (nSPS) is 11.0. The Morgan fingerprint density at radius 3 is 2.67 bits per heavy atom. The quantitative estimate of drug-likeness (QED) is 0.554. The number of aromatic nitrogens is 5. The van der Waals surface area contributed by atoms with E-state index in [9.17, 15) is 4.79 Å². The Morgan fingerprint density at radius 2 is 1.81 bits per heavy atom. The van der Waals surface area contributed by atoms with Gasteiger partial charge in [-0.25, -0.2) is 4.68 Å². The Hall–Kier alpha value is -2.90. The average molecular weight is 401 g/mol. The zero-order valence-electron chi connectivity index (χ0n) is 14.0. The molecule has 0 spiro atoms. The lowest BCUT2D eigenvalue weighted by atomic mass is 10.2. The number of rotatable bonds is 5. The van der Waals surface area contributed by atoms with Crippen molar-refractivity contribution in [3.8, 4) is 0 Å². The molecule has 4 rings (SSSR count). The van der Waals surface area contributed by atoms with E-state index < -0.39 is 0 Å². The molecule has 136 valence electrons. The van der Waals surface area contributed by atoms with Crippen LogP contribution in [-0.4, -0.2) is 30.7 Å². The van der Waals surface area contributed by atoms with Crippen molar-refractivity contribution in [3.63, 3.8) is 0 Å². The summed E-state index contributed by atoms with van der Waals surface area (Å²) in [5.74, 6) is -0.00584. The van der Waals surface area contributed by atoms with Crippen molar-refractivity contribution in [3.05, 3.63) is 70.3 Å². The van der Waals surface area contributed by atoms with Gasteiger partial charge in [0.1, 0.15) is 17.1 Å². The lowest BCUT2D eigenvalue weighted by molar-refractivity contribution is -0.116. The molecule has 0 atom stereocenters. The van der Waals surface area contributed by atoms with Crippen molar-refractivity contribution in [2.24, 2.45) is 0 Å². The van der Waals surface area contributed by atoms with Crippen LogP contribution < -0.4 is 5.32 Å². The Bertz CT molecular complexity index is 1120. The third-order valence-corrected chi connectivity index (χ3v) is 4.62. The minimum atomic E-state index is -0.296. The lowest BCUT2D eigenvalue weighted by Gasteiger charge is -2.05. The van der Waals surface area contributed by atoms with Crippen LogP contribution in [0.25, 0.3) is 11.0 Å². The molecule has 0 aliphatic carbocycles. The summed E-state index contributed by atoms with van der Waals surface area (Å²) in [6, 6.07) is 14.9. The van der Waals surface area contributed by atoms with Gasteiger partial charge >= 0.3 is 0 Å². The van der Waals surface area contributed by atoms with Crippen molar-refractivity contribution >= 4 is 46.0 Å². The number of anilines is 1. The van der Waals surface area contributed by atoms with E-state index in [1.165, 1.54) is 4.68 Å². The van der Waals surface area contributed by atoms with Crippen LogP contribution in [0.2, 0.25) is 10.0 Å². The summed E-state index contributed by atoms with van der Waals surface area (Å²) in [4.78, 5) is 12.4. The fourth-order valence-corrected chi connectivity index (χ4v) is 3.10. The van der Waals surface area contributed by atoms with Crippen molar-refractivity contribution < 1.29 is 4.79 Å². The minimum Gasteiger partial charge on any atom is -0.306 e. The zero-order chi connectivity index (χ0) is 18.8. The number of carbonyl (C=O) groups is 1. The van der Waals surface area contributed by atoms with E-state index in [4.69, 9.17) is 23.2 Å². The largest absolute Gasteiger partial charge is 0.306 e. The lowest BCUT2D eigenvalue weighted by Crippen LogP contribution is -2.20. The van der Waals surface area contributed by atoms with Gasteiger partial charge in [0.05, 0.1) is 12.1 Å². The molecule has 0 aliphatic heterocycles. The fraction of sp³-hybridized carbons (Fsp3) is 0.111. The zero-order valence-corrected chi connectivity index (χ0v) is 15.5. The van der Waals surface area contributed by atoms with Crippen molar-refractivity contribution in [2.45, 2.75) is 13.1 Å². The summed E-state index contributed by atoms with van der Waals surface area (Å²) in [5, 5.41) is 16.1. The predicted octanol–water partition coefficient (Wildman–Crippen LogP) is 3.62. The molecule has 2 aromatic heterocycles. The topological polar surface area (TPSA) is 77.6 Å². The number of para-hydroxylation sites is 1. The van der Waals surface area contributed by atoms with Crippen molar-refractivity contribution in [2.75, 3.05) is 5.32 Å². The molecule has 1 amide bonds. The van der Waals surface area contributed by atoms with Gasteiger partial charge in [0.15, 0.2) is 5.82 Å². The van der Waals surface area contributed by atoms with Gasteiger partial charge in [0, 0.05) is 11.2 Å². The maximum atomic E-state index is 12.4. The number of halogens is 2. The van der Waals surface area contributed by atoms with Gasteiger partial charge in [-0.15, -0.1) is 5.10 Å². The highest BCUT2D eigenvalue weighted by Gasteiger charge is 2.14. The second-order valence-electron chi connectivity index (χ2n) is 5.90. The Labute approximate surface area is 164 Å². The maximum Gasteiger partial charge on any atom is 0.247 e. The number of nitrogens with zero attached hydrogens (tertiary/aromatic N) is 5. The van der Waals surface area contributed by atoms with E-state index in [0.29, 0.717) is 16.6 Å². The van der Waals surface area contributed by atoms with Crippen LogP contribution >= 0.6 is 23.2 Å². The highest BCUT2D eigenvalue weighted by molar-refractivity contribution is 6.33. The maximum absolute atomic E-state index is 12.4. The van der Waals surface area contributed by atoms with Gasteiger partial charge in [-0.3, -0.25) is 9.48 Å². The summed E-state index contributed by atoms with van der Waals surface area (Å²) in [7, 11) is 0. The molecular formula is C18H14Cl2N6O. The molecule has 0 aliphatic rings. The van der Waals surface area contributed by atoms with E-state index in [-0.39, 0.29) is 18.3 Å². The van der Waals surface area contributed by atoms with Gasteiger partial charge in [-0.05, 0) is 23.8 Å². The first kappa shape index (κ1) is 17.5. The summed E-state index contributed by atoms with van der Waals surface area (Å²) in [6.07, 6.45) is 1.64. The molecule has 2 aromatic carbocycles. The molecule has 27 heavy (non-hydrogen) atoms. The molecule has 0 unspecified atom stereocenters. The number of fused-ring (bicyclic) bond motifs is 1. The molecule has 7 nitrogen and oxygen atoms in total. The Balaban J connectivity index is 1.47. The number of amides is 1. The van der Waals surface area contributed by atoms with E-state index >= 15 is 0 Å².